The first kappa shape index (κ1) is 29.1. The van der Waals surface area contributed by atoms with E-state index < -0.39 is 4.92 Å². The predicted molar refractivity (Wildman–Crippen MR) is 172 cm³/mol. The number of nitrogens with zero attached hydrogens (tertiary/aromatic N) is 4. The molecule has 0 unspecified atom stereocenters. The molecule has 5 aromatic rings. The van der Waals surface area contributed by atoms with Crippen molar-refractivity contribution in [2.75, 3.05) is 5.32 Å². The van der Waals surface area contributed by atoms with E-state index in [0.717, 1.165) is 43.0 Å². The van der Waals surface area contributed by atoms with Crippen molar-refractivity contribution in [1.82, 2.24) is 15.2 Å². The standard InChI is InChI=1S/C30H22Cl2N6O3S2/c31-18-11-12-20(22(32)15-18)27-35-30(37-36-27)43-25-13-10-17(14-23(25)38(40)41)16-33-29-26(21-8-4-5-9-24(21)42-29)28(39)34-19-6-2-1-3-7-19/h1-3,6-7,10-16H,4-5,8-9H2,(H,34,39)(H,35,36,37). The first-order chi connectivity index (χ1) is 20.9. The molecule has 6 rings (SSSR count). The molecule has 3 aromatic carbocycles. The van der Waals surface area contributed by atoms with E-state index in [9.17, 15) is 14.9 Å². The summed E-state index contributed by atoms with van der Waals surface area (Å²) >= 11 is 14.8. The Balaban J connectivity index is 1.26. The van der Waals surface area contributed by atoms with Gasteiger partial charge in [-0.25, -0.2) is 9.98 Å². The van der Waals surface area contributed by atoms with Gasteiger partial charge in [0.15, 0.2) is 5.82 Å². The summed E-state index contributed by atoms with van der Waals surface area (Å²) < 4.78 is 0. The Labute approximate surface area is 264 Å². The minimum atomic E-state index is -0.452. The molecule has 1 aliphatic carbocycles. The fourth-order valence-electron chi connectivity index (χ4n) is 4.76. The van der Waals surface area contributed by atoms with Crippen LogP contribution in [-0.2, 0) is 12.8 Å². The predicted octanol–water partition coefficient (Wildman–Crippen LogP) is 8.78. The number of thiophene rings is 1. The Morgan fingerprint density at radius 3 is 2.70 bits per heavy atom. The van der Waals surface area contributed by atoms with Crippen LogP contribution < -0.4 is 5.32 Å². The van der Waals surface area contributed by atoms with Gasteiger partial charge in [-0.1, -0.05) is 47.5 Å². The van der Waals surface area contributed by atoms with Gasteiger partial charge in [0.2, 0.25) is 5.16 Å². The van der Waals surface area contributed by atoms with Crippen LogP contribution in [0.3, 0.4) is 0 Å². The highest BCUT2D eigenvalue weighted by atomic mass is 35.5. The molecule has 0 fully saturated rings. The van der Waals surface area contributed by atoms with Gasteiger partial charge in [0.05, 0.1) is 20.4 Å². The Bertz CT molecular complexity index is 1870. The number of nitro groups is 1. The fraction of sp³-hybridized carbons (Fsp3) is 0.133. The van der Waals surface area contributed by atoms with Crippen LogP contribution >= 0.6 is 46.3 Å². The van der Waals surface area contributed by atoms with Crippen LogP contribution in [0.4, 0.5) is 16.4 Å². The molecule has 0 bridgehead atoms. The van der Waals surface area contributed by atoms with Crippen LogP contribution in [0.2, 0.25) is 10.0 Å². The number of nitrogens with one attached hydrogen (secondary N) is 2. The largest absolute Gasteiger partial charge is 0.322 e. The first-order valence-corrected chi connectivity index (χ1v) is 15.6. The van der Waals surface area contributed by atoms with Crippen LogP contribution in [0.25, 0.3) is 11.4 Å². The smallest absolute Gasteiger partial charge is 0.283 e. The molecule has 216 valence electrons. The molecule has 0 saturated carbocycles. The summed E-state index contributed by atoms with van der Waals surface area (Å²) in [6, 6.07) is 19.1. The second-order valence-corrected chi connectivity index (χ2v) is 12.6. The molecule has 9 nitrogen and oxygen atoms in total. The maximum atomic E-state index is 13.4. The summed E-state index contributed by atoms with van der Waals surface area (Å²) in [4.78, 5) is 35.6. The number of anilines is 1. The molecule has 2 aromatic heterocycles. The Morgan fingerprint density at radius 1 is 1.09 bits per heavy atom. The zero-order valence-corrected chi connectivity index (χ0v) is 25.5. The van der Waals surface area contributed by atoms with Crippen LogP contribution in [0.15, 0.2) is 81.8 Å². The minimum absolute atomic E-state index is 0.114. The lowest BCUT2D eigenvalue weighted by molar-refractivity contribution is -0.387. The van der Waals surface area contributed by atoms with Crippen LogP contribution in [-0.4, -0.2) is 32.2 Å². The summed E-state index contributed by atoms with van der Waals surface area (Å²) in [5.41, 5.74) is 3.34. The number of hydrogen-bond acceptors (Lipinski definition) is 8. The van der Waals surface area contributed by atoms with Crippen molar-refractivity contribution in [3.8, 4) is 11.4 Å². The lowest BCUT2D eigenvalue weighted by Crippen LogP contribution is -2.14. The highest BCUT2D eigenvalue weighted by Crippen LogP contribution is 2.41. The van der Waals surface area contributed by atoms with Crippen molar-refractivity contribution in [2.24, 2.45) is 4.99 Å². The van der Waals surface area contributed by atoms with Gasteiger partial charge < -0.3 is 5.32 Å². The van der Waals surface area contributed by atoms with Crippen molar-refractivity contribution in [3.05, 3.63) is 108 Å². The third kappa shape index (κ3) is 6.50. The highest BCUT2D eigenvalue weighted by Gasteiger charge is 2.25. The van der Waals surface area contributed by atoms with Crippen molar-refractivity contribution in [1.29, 1.82) is 0 Å². The number of fused-ring (bicyclic) bond motifs is 1. The van der Waals surface area contributed by atoms with E-state index >= 15 is 0 Å². The number of aryl methyl sites for hydroxylation is 1. The van der Waals surface area contributed by atoms with Crippen molar-refractivity contribution < 1.29 is 9.72 Å². The van der Waals surface area contributed by atoms with Crippen molar-refractivity contribution in [2.45, 2.75) is 35.7 Å². The third-order valence-electron chi connectivity index (χ3n) is 6.77. The summed E-state index contributed by atoms with van der Waals surface area (Å²) in [6.45, 7) is 0. The molecule has 0 saturated heterocycles. The Kier molecular flexibility index (Phi) is 8.57. The quantitative estimate of drug-likeness (QED) is 0.0983. The second kappa shape index (κ2) is 12.7. The molecular weight excluding hydrogens is 627 g/mol. The second-order valence-electron chi connectivity index (χ2n) is 9.65. The van der Waals surface area contributed by atoms with Gasteiger partial charge in [-0.3, -0.25) is 20.0 Å². The number of H-pyrrole nitrogens is 1. The zero-order chi connectivity index (χ0) is 29.9. The highest BCUT2D eigenvalue weighted by molar-refractivity contribution is 7.99. The van der Waals surface area contributed by atoms with Gasteiger partial charge in [-0.2, -0.15) is 0 Å². The fourth-order valence-corrected chi connectivity index (χ4v) is 7.29. The maximum Gasteiger partial charge on any atom is 0.283 e. The SMILES string of the molecule is O=C(Nc1ccccc1)c1c(N=Cc2ccc(Sc3n[nH]c(-c4ccc(Cl)cc4Cl)n3)c([N+](=O)[O-])c2)sc2c1CCCC2. The van der Waals surface area contributed by atoms with E-state index in [4.69, 9.17) is 23.2 Å². The summed E-state index contributed by atoms with van der Waals surface area (Å²) in [7, 11) is 0. The molecule has 0 spiro atoms. The number of aromatic amines is 1. The number of halogens is 2. The van der Waals surface area contributed by atoms with Gasteiger partial charge in [-0.05, 0) is 85.0 Å². The number of aliphatic imine (C=N–C) groups is 1. The average Bonchev–Trinajstić information content (AvgIpc) is 3.61. The number of nitro benzene ring substituents is 1. The van der Waals surface area contributed by atoms with Crippen LogP contribution in [0.5, 0.6) is 0 Å². The van der Waals surface area contributed by atoms with Gasteiger partial charge in [-0.15, -0.1) is 16.4 Å². The molecule has 1 amide bonds. The molecule has 1 aliphatic rings. The lowest BCUT2D eigenvalue weighted by atomic mass is 9.95. The third-order valence-corrected chi connectivity index (χ3v) is 9.45. The van der Waals surface area contributed by atoms with Crippen LogP contribution in [0, 0.1) is 10.1 Å². The lowest BCUT2D eigenvalue weighted by Gasteiger charge is -2.12. The van der Waals surface area contributed by atoms with E-state index in [1.165, 1.54) is 22.3 Å². The number of rotatable bonds is 8. The number of para-hydroxylation sites is 1. The molecule has 0 atom stereocenters. The van der Waals surface area contributed by atoms with E-state index in [2.05, 4.69) is 25.5 Å². The van der Waals surface area contributed by atoms with Gasteiger partial charge in [0, 0.05) is 33.4 Å². The molecule has 0 radical (unpaired) electrons. The minimum Gasteiger partial charge on any atom is -0.322 e. The maximum absolute atomic E-state index is 13.4. The van der Waals surface area contributed by atoms with E-state index in [1.807, 2.05) is 30.3 Å². The topological polar surface area (TPSA) is 126 Å². The average molecular weight is 650 g/mol. The summed E-state index contributed by atoms with van der Waals surface area (Å²) in [6.07, 6.45) is 5.38. The van der Waals surface area contributed by atoms with E-state index in [-0.39, 0.29) is 11.6 Å². The van der Waals surface area contributed by atoms with E-state index in [1.54, 1.807) is 36.5 Å². The number of benzene rings is 3. The number of carbonyl (C=O) groups excluding carboxylic acids is 1. The normalized spacial score (nSPS) is 12.8. The van der Waals surface area contributed by atoms with Gasteiger partial charge >= 0.3 is 0 Å². The molecule has 0 aliphatic heterocycles. The summed E-state index contributed by atoms with van der Waals surface area (Å²) in [5, 5.41) is 23.8. The monoisotopic (exact) mass is 648 g/mol. The Hall–Kier alpha value is -4.03. The number of aromatic nitrogens is 3. The number of amides is 1. The van der Waals surface area contributed by atoms with Crippen molar-refractivity contribution in [3.63, 3.8) is 0 Å². The Morgan fingerprint density at radius 2 is 1.91 bits per heavy atom. The first-order valence-electron chi connectivity index (χ1n) is 13.2. The van der Waals surface area contributed by atoms with Crippen LogP contribution in [0.1, 0.15) is 39.2 Å². The molecule has 2 heterocycles. The number of hydrogen-bond donors (Lipinski definition) is 2. The van der Waals surface area contributed by atoms with Gasteiger partial charge in [0.25, 0.3) is 11.6 Å². The van der Waals surface area contributed by atoms with E-state index in [0.29, 0.717) is 53.3 Å². The zero-order valence-electron chi connectivity index (χ0n) is 22.3. The van der Waals surface area contributed by atoms with Crippen molar-refractivity contribution >= 4 is 74.8 Å². The number of carbonyl (C=O) groups is 1. The molecule has 43 heavy (non-hydrogen) atoms. The molecule has 2 N–H and O–H groups in total. The molecular formula is C30H22Cl2N6O3S2. The summed E-state index contributed by atoms with van der Waals surface area (Å²) in [5.74, 6) is 0.211. The van der Waals surface area contributed by atoms with Gasteiger partial charge in [0.1, 0.15) is 5.00 Å². The molecule has 13 heteroatoms.